The number of carbonyl (C=O) groups is 2. The fourth-order valence-electron chi connectivity index (χ4n) is 3.08. The molecule has 1 N–H and O–H groups in total. The summed E-state index contributed by atoms with van der Waals surface area (Å²) >= 11 is 6.03. The Bertz CT molecular complexity index is 648. The van der Waals surface area contributed by atoms with Gasteiger partial charge in [-0.15, -0.1) is 0 Å². The van der Waals surface area contributed by atoms with Gasteiger partial charge in [0.15, 0.2) is 18.1 Å². The number of esters is 1. The van der Waals surface area contributed by atoms with Gasteiger partial charge in [0, 0.05) is 6.04 Å². The SMILES string of the molecule is CC1CCCCC1NC(=O)COC(=O)c1cc(Cl)c2c(c1)OCO2. The topological polar surface area (TPSA) is 73.9 Å². The van der Waals surface area contributed by atoms with Gasteiger partial charge >= 0.3 is 5.97 Å². The van der Waals surface area contributed by atoms with Crippen LogP contribution in [0.15, 0.2) is 12.1 Å². The molecule has 1 aromatic carbocycles. The normalized spacial score (nSPS) is 22.1. The number of carbonyl (C=O) groups excluding carboxylic acids is 2. The predicted octanol–water partition coefficient (Wildman–Crippen LogP) is 2.92. The van der Waals surface area contributed by atoms with Crippen molar-refractivity contribution < 1.29 is 23.8 Å². The second kappa shape index (κ2) is 7.30. The molecule has 1 aliphatic carbocycles. The lowest BCUT2D eigenvalue weighted by atomic mass is 9.86. The Morgan fingerprint density at radius 3 is 2.88 bits per heavy atom. The molecule has 0 saturated heterocycles. The highest BCUT2D eigenvalue weighted by molar-refractivity contribution is 6.32. The van der Waals surface area contributed by atoms with E-state index in [2.05, 4.69) is 12.2 Å². The Labute approximate surface area is 145 Å². The molecule has 7 heteroatoms. The van der Waals surface area contributed by atoms with E-state index in [1.54, 1.807) is 0 Å². The molecule has 24 heavy (non-hydrogen) atoms. The summed E-state index contributed by atoms with van der Waals surface area (Å²) in [6.45, 7) is 1.88. The average molecular weight is 354 g/mol. The lowest BCUT2D eigenvalue weighted by Crippen LogP contribution is -2.42. The maximum absolute atomic E-state index is 12.1. The third-order valence-electron chi connectivity index (χ3n) is 4.46. The van der Waals surface area contributed by atoms with E-state index in [0.29, 0.717) is 17.4 Å². The molecule has 2 unspecified atom stereocenters. The Morgan fingerprint density at radius 2 is 2.08 bits per heavy atom. The summed E-state index contributed by atoms with van der Waals surface area (Å²) in [5.74, 6) is 0.356. The lowest BCUT2D eigenvalue weighted by Gasteiger charge is -2.29. The van der Waals surface area contributed by atoms with Gasteiger partial charge in [-0.2, -0.15) is 0 Å². The molecular formula is C17H20ClNO5. The third-order valence-corrected chi connectivity index (χ3v) is 4.74. The van der Waals surface area contributed by atoms with Crippen molar-refractivity contribution in [2.75, 3.05) is 13.4 Å². The van der Waals surface area contributed by atoms with Gasteiger partial charge in [0.05, 0.1) is 10.6 Å². The van der Waals surface area contributed by atoms with E-state index in [-0.39, 0.29) is 35.9 Å². The maximum atomic E-state index is 12.1. The van der Waals surface area contributed by atoms with Gasteiger partial charge in [-0.25, -0.2) is 4.79 Å². The minimum absolute atomic E-state index is 0.0650. The van der Waals surface area contributed by atoms with Gasteiger partial charge in [0.25, 0.3) is 5.91 Å². The molecule has 1 saturated carbocycles. The summed E-state index contributed by atoms with van der Waals surface area (Å²) in [5, 5.41) is 3.22. The van der Waals surface area contributed by atoms with Crippen molar-refractivity contribution in [1.29, 1.82) is 0 Å². The zero-order chi connectivity index (χ0) is 17.1. The van der Waals surface area contributed by atoms with Crippen LogP contribution in [0.5, 0.6) is 11.5 Å². The molecule has 6 nitrogen and oxygen atoms in total. The number of hydrogen-bond donors (Lipinski definition) is 1. The molecule has 0 radical (unpaired) electrons. The van der Waals surface area contributed by atoms with E-state index in [0.717, 1.165) is 19.3 Å². The second-order valence-corrected chi connectivity index (χ2v) is 6.61. The van der Waals surface area contributed by atoms with Crippen molar-refractivity contribution in [3.63, 3.8) is 0 Å². The molecule has 2 atom stereocenters. The molecule has 3 rings (SSSR count). The van der Waals surface area contributed by atoms with E-state index in [1.807, 2.05) is 0 Å². The van der Waals surface area contributed by atoms with E-state index < -0.39 is 5.97 Å². The van der Waals surface area contributed by atoms with Gasteiger partial charge in [0.2, 0.25) is 6.79 Å². The number of benzene rings is 1. The van der Waals surface area contributed by atoms with Crippen LogP contribution >= 0.6 is 11.6 Å². The van der Waals surface area contributed by atoms with Crippen molar-refractivity contribution >= 4 is 23.5 Å². The molecule has 1 amide bonds. The second-order valence-electron chi connectivity index (χ2n) is 6.20. The van der Waals surface area contributed by atoms with Crippen LogP contribution in [0.25, 0.3) is 0 Å². The molecule has 1 heterocycles. The molecule has 0 bridgehead atoms. The third kappa shape index (κ3) is 3.75. The smallest absolute Gasteiger partial charge is 0.338 e. The predicted molar refractivity (Wildman–Crippen MR) is 87.4 cm³/mol. The monoisotopic (exact) mass is 353 g/mol. The molecule has 130 valence electrons. The van der Waals surface area contributed by atoms with E-state index in [9.17, 15) is 9.59 Å². The first-order valence-electron chi connectivity index (χ1n) is 8.10. The number of ether oxygens (including phenoxy) is 3. The first kappa shape index (κ1) is 16.9. The van der Waals surface area contributed by atoms with Gasteiger partial charge in [-0.3, -0.25) is 4.79 Å². The van der Waals surface area contributed by atoms with E-state index in [4.69, 9.17) is 25.8 Å². The summed E-state index contributed by atoms with van der Waals surface area (Å²) in [6, 6.07) is 3.10. The number of halogens is 1. The molecule has 1 aromatic rings. The molecular weight excluding hydrogens is 334 g/mol. The summed E-state index contributed by atoms with van der Waals surface area (Å²) < 4.78 is 15.5. The summed E-state index contributed by atoms with van der Waals surface area (Å²) in [5.41, 5.74) is 0.225. The standard InChI is InChI=1S/C17H20ClNO5/c1-10-4-2-3-5-13(10)19-15(20)8-22-17(21)11-6-12(18)16-14(7-11)23-9-24-16/h6-7,10,13H,2-5,8-9H2,1H3,(H,19,20). The average Bonchev–Trinajstić information content (AvgIpc) is 3.04. The fourth-order valence-corrected chi connectivity index (χ4v) is 3.34. The number of amides is 1. The van der Waals surface area contributed by atoms with Crippen LogP contribution in [0.1, 0.15) is 43.0 Å². The van der Waals surface area contributed by atoms with Crippen molar-refractivity contribution in [3.05, 3.63) is 22.7 Å². The maximum Gasteiger partial charge on any atom is 0.338 e. The Kier molecular flexibility index (Phi) is 5.14. The molecule has 0 spiro atoms. The molecule has 2 aliphatic rings. The van der Waals surface area contributed by atoms with Gasteiger partial charge in [-0.05, 0) is 30.9 Å². The number of nitrogens with one attached hydrogen (secondary N) is 1. The zero-order valence-corrected chi connectivity index (χ0v) is 14.2. The Hall–Kier alpha value is -1.95. The largest absolute Gasteiger partial charge is 0.454 e. The van der Waals surface area contributed by atoms with Crippen LogP contribution < -0.4 is 14.8 Å². The van der Waals surface area contributed by atoms with Gasteiger partial charge in [-0.1, -0.05) is 31.4 Å². The van der Waals surface area contributed by atoms with Crippen molar-refractivity contribution in [1.82, 2.24) is 5.32 Å². The van der Waals surface area contributed by atoms with Crippen LogP contribution in [0.2, 0.25) is 5.02 Å². The minimum Gasteiger partial charge on any atom is -0.454 e. The van der Waals surface area contributed by atoms with Crippen LogP contribution in [-0.4, -0.2) is 31.3 Å². The van der Waals surface area contributed by atoms with E-state index in [1.165, 1.54) is 18.6 Å². The van der Waals surface area contributed by atoms with Crippen LogP contribution in [-0.2, 0) is 9.53 Å². The first-order valence-corrected chi connectivity index (χ1v) is 8.48. The van der Waals surface area contributed by atoms with Crippen LogP contribution in [0, 0.1) is 5.92 Å². The number of hydrogen-bond acceptors (Lipinski definition) is 5. The van der Waals surface area contributed by atoms with Crippen molar-refractivity contribution in [2.45, 2.75) is 38.6 Å². The zero-order valence-electron chi connectivity index (χ0n) is 13.5. The highest BCUT2D eigenvalue weighted by Gasteiger charge is 2.24. The Balaban J connectivity index is 1.54. The summed E-state index contributed by atoms with van der Waals surface area (Å²) in [6.07, 6.45) is 4.40. The summed E-state index contributed by atoms with van der Waals surface area (Å²) in [7, 11) is 0. The van der Waals surface area contributed by atoms with Gasteiger partial charge < -0.3 is 19.5 Å². The molecule has 0 aromatic heterocycles. The fraction of sp³-hybridized carbons (Fsp3) is 0.529. The quantitative estimate of drug-likeness (QED) is 0.842. The van der Waals surface area contributed by atoms with Crippen molar-refractivity contribution in [3.8, 4) is 11.5 Å². The van der Waals surface area contributed by atoms with Crippen molar-refractivity contribution in [2.24, 2.45) is 5.92 Å². The summed E-state index contributed by atoms with van der Waals surface area (Å²) in [4.78, 5) is 24.1. The molecule has 1 fully saturated rings. The lowest BCUT2D eigenvalue weighted by molar-refractivity contribution is -0.125. The van der Waals surface area contributed by atoms with E-state index >= 15 is 0 Å². The van der Waals surface area contributed by atoms with Crippen LogP contribution in [0.4, 0.5) is 0 Å². The first-order chi connectivity index (χ1) is 11.5. The Morgan fingerprint density at radius 1 is 1.29 bits per heavy atom. The molecule has 1 aliphatic heterocycles. The minimum atomic E-state index is -0.623. The van der Waals surface area contributed by atoms with Crippen LogP contribution in [0.3, 0.4) is 0 Å². The van der Waals surface area contributed by atoms with Gasteiger partial charge in [0.1, 0.15) is 0 Å². The highest BCUT2D eigenvalue weighted by atomic mass is 35.5. The number of fused-ring (bicyclic) bond motifs is 1. The number of rotatable bonds is 4. The highest BCUT2D eigenvalue weighted by Crippen LogP contribution is 2.39.